The number of amides is 2. The van der Waals surface area contributed by atoms with E-state index in [0.29, 0.717) is 46.8 Å². The first-order valence-corrected chi connectivity index (χ1v) is 15.2. The van der Waals surface area contributed by atoms with Crippen LogP contribution in [0.5, 0.6) is 11.5 Å². The van der Waals surface area contributed by atoms with Crippen LogP contribution in [0.15, 0.2) is 88.1 Å². The third-order valence-electron chi connectivity index (χ3n) is 8.09. The Morgan fingerprint density at radius 3 is 2.39 bits per heavy atom. The molecule has 1 saturated heterocycles. The van der Waals surface area contributed by atoms with Crippen LogP contribution in [0.2, 0.25) is 0 Å². The maximum atomic E-state index is 13.6. The molecule has 3 aromatic carbocycles. The molecule has 2 N–H and O–H groups in total. The van der Waals surface area contributed by atoms with Crippen molar-refractivity contribution in [3.8, 4) is 11.5 Å². The molecule has 2 unspecified atom stereocenters. The van der Waals surface area contributed by atoms with E-state index in [1.54, 1.807) is 48.5 Å². The molecule has 1 fully saturated rings. The number of pyridine rings is 1. The number of nitrogens with zero attached hydrogens (tertiary/aromatic N) is 2. The van der Waals surface area contributed by atoms with Crippen molar-refractivity contribution in [1.29, 1.82) is 0 Å². The van der Waals surface area contributed by atoms with E-state index in [1.807, 2.05) is 10.6 Å². The number of anilines is 3. The Labute approximate surface area is 270 Å². The molecule has 46 heavy (non-hydrogen) atoms. The molecule has 13 heteroatoms. The molecule has 6 rings (SSSR count). The van der Waals surface area contributed by atoms with Crippen molar-refractivity contribution in [3.05, 3.63) is 111 Å². The van der Waals surface area contributed by atoms with Crippen LogP contribution in [-0.4, -0.2) is 42.9 Å². The van der Waals surface area contributed by atoms with Crippen LogP contribution in [0.1, 0.15) is 38.7 Å². The number of alkyl halides is 3. The van der Waals surface area contributed by atoms with Gasteiger partial charge in [-0.15, -0.1) is 13.2 Å². The van der Waals surface area contributed by atoms with E-state index in [-0.39, 0.29) is 28.6 Å². The lowest BCUT2D eigenvalue weighted by Gasteiger charge is -2.44. The number of nitrogens with one attached hydrogen (secondary N) is 2. The van der Waals surface area contributed by atoms with Gasteiger partial charge in [0.05, 0.1) is 24.0 Å². The standard InChI is InChI=1S/C33H28BrF3N4O5/c1-45-24-10-11-26(34)25(15-24)32(44)39-27-14-20(31(43)38-22-6-8-23(9-7-22)46-33(35,36)37)5-12-29(27)40-16-19-13-21(18-40)28-3-2-4-30(42)41(28)17-19/h2-12,14-15,19,21H,13,16-18H2,1H3,(H,38,43)(H,39,44). The van der Waals surface area contributed by atoms with Gasteiger partial charge in [-0.1, -0.05) is 6.07 Å². The van der Waals surface area contributed by atoms with Crippen LogP contribution in [0.25, 0.3) is 0 Å². The summed E-state index contributed by atoms with van der Waals surface area (Å²) in [4.78, 5) is 41.6. The lowest BCUT2D eigenvalue weighted by molar-refractivity contribution is -0.274. The molecule has 1 aromatic heterocycles. The van der Waals surface area contributed by atoms with Crippen molar-refractivity contribution in [2.24, 2.45) is 5.92 Å². The summed E-state index contributed by atoms with van der Waals surface area (Å²) < 4.78 is 49.2. The highest BCUT2D eigenvalue weighted by atomic mass is 79.9. The van der Waals surface area contributed by atoms with Crippen molar-refractivity contribution in [2.75, 3.05) is 35.7 Å². The molecule has 0 radical (unpaired) electrons. The number of hydrogen-bond acceptors (Lipinski definition) is 6. The molecule has 2 bridgehead atoms. The number of hydrogen-bond donors (Lipinski definition) is 2. The summed E-state index contributed by atoms with van der Waals surface area (Å²) in [5.74, 6) is -0.579. The molecular weight excluding hydrogens is 669 g/mol. The van der Waals surface area contributed by atoms with Crippen LogP contribution in [-0.2, 0) is 6.54 Å². The van der Waals surface area contributed by atoms with E-state index in [0.717, 1.165) is 24.2 Å². The minimum atomic E-state index is -4.83. The number of ether oxygens (including phenoxy) is 2. The highest BCUT2D eigenvalue weighted by Gasteiger charge is 2.35. The average Bonchev–Trinajstić information content (AvgIpc) is 3.02. The number of methoxy groups -OCH3 is 1. The number of fused-ring (bicyclic) bond motifs is 4. The highest BCUT2D eigenvalue weighted by Crippen LogP contribution is 2.40. The van der Waals surface area contributed by atoms with E-state index < -0.39 is 23.9 Å². The maximum Gasteiger partial charge on any atom is 0.573 e. The van der Waals surface area contributed by atoms with E-state index >= 15 is 0 Å². The van der Waals surface area contributed by atoms with Gasteiger partial charge < -0.3 is 29.6 Å². The lowest BCUT2D eigenvalue weighted by Crippen LogP contribution is -2.47. The summed E-state index contributed by atoms with van der Waals surface area (Å²) in [6.07, 6.45) is -3.90. The third-order valence-corrected chi connectivity index (χ3v) is 8.78. The van der Waals surface area contributed by atoms with Gasteiger partial charge in [0.25, 0.3) is 17.4 Å². The molecule has 2 amide bonds. The second kappa shape index (κ2) is 12.5. The van der Waals surface area contributed by atoms with Crippen molar-refractivity contribution in [2.45, 2.75) is 25.2 Å². The Morgan fingerprint density at radius 1 is 0.891 bits per heavy atom. The smallest absolute Gasteiger partial charge is 0.497 e. The summed E-state index contributed by atoms with van der Waals surface area (Å²) in [5.41, 5.74) is 2.86. The van der Waals surface area contributed by atoms with Crippen LogP contribution in [0.3, 0.4) is 0 Å². The van der Waals surface area contributed by atoms with Gasteiger partial charge in [0.15, 0.2) is 0 Å². The Hall–Kier alpha value is -4.78. The fourth-order valence-corrected chi connectivity index (χ4v) is 6.51. The van der Waals surface area contributed by atoms with Gasteiger partial charge in [-0.3, -0.25) is 14.4 Å². The van der Waals surface area contributed by atoms with Crippen molar-refractivity contribution >= 4 is 44.8 Å². The first-order valence-electron chi connectivity index (χ1n) is 14.4. The summed E-state index contributed by atoms with van der Waals surface area (Å²) in [7, 11) is 1.50. The van der Waals surface area contributed by atoms with Gasteiger partial charge in [-0.2, -0.15) is 0 Å². The van der Waals surface area contributed by atoms with Crippen LogP contribution in [0.4, 0.5) is 30.2 Å². The molecule has 238 valence electrons. The van der Waals surface area contributed by atoms with Crippen LogP contribution < -0.4 is 30.6 Å². The predicted molar refractivity (Wildman–Crippen MR) is 170 cm³/mol. The zero-order valence-electron chi connectivity index (χ0n) is 24.4. The third kappa shape index (κ3) is 6.74. The van der Waals surface area contributed by atoms with Gasteiger partial charge in [-0.25, -0.2) is 0 Å². The lowest BCUT2D eigenvalue weighted by atomic mass is 9.83. The number of carbonyl (C=O) groups excluding carboxylic acids is 2. The Balaban J connectivity index is 1.30. The highest BCUT2D eigenvalue weighted by molar-refractivity contribution is 9.10. The topological polar surface area (TPSA) is 102 Å². The predicted octanol–water partition coefficient (Wildman–Crippen LogP) is 6.65. The summed E-state index contributed by atoms with van der Waals surface area (Å²) in [6, 6.07) is 20.1. The molecule has 0 saturated carbocycles. The number of halogens is 4. The first-order chi connectivity index (χ1) is 22.0. The minimum absolute atomic E-state index is 0.0182. The normalized spacial score (nSPS) is 17.1. The van der Waals surface area contributed by atoms with Crippen molar-refractivity contribution in [3.63, 3.8) is 0 Å². The largest absolute Gasteiger partial charge is 0.573 e. The Kier molecular flexibility index (Phi) is 8.51. The van der Waals surface area contributed by atoms with Crippen molar-refractivity contribution < 1.29 is 32.2 Å². The number of benzene rings is 3. The second-order valence-corrected chi connectivity index (χ2v) is 12.0. The average molecular weight is 698 g/mol. The van der Waals surface area contributed by atoms with Gasteiger partial charge in [0, 0.05) is 53.0 Å². The van der Waals surface area contributed by atoms with Crippen LogP contribution in [0, 0.1) is 5.92 Å². The Morgan fingerprint density at radius 2 is 1.65 bits per heavy atom. The quantitative estimate of drug-likeness (QED) is 0.225. The number of aromatic nitrogens is 1. The molecule has 3 heterocycles. The fraction of sp³-hybridized carbons (Fsp3) is 0.242. The SMILES string of the molecule is COc1ccc(Br)c(C(=O)Nc2cc(C(=O)Nc3ccc(OC(F)(F)F)cc3)ccc2N2CC3CC(C2)c2cccc(=O)n2C3)c1. The van der Waals surface area contributed by atoms with Gasteiger partial charge in [0.1, 0.15) is 11.5 Å². The molecule has 0 spiro atoms. The molecule has 0 aliphatic carbocycles. The first kappa shape index (κ1) is 31.2. The Bertz CT molecular complexity index is 1860. The molecule has 2 aliphatic rings. The molecule has 9 nitrogen and oxygen atoms in total. The van der Waals surface area contributed by atoms with E-state index in [4.69, 9.17) is 4.74 Å². The van der Waals surface area contributed by atoms with Gasteiger partial charge in [0.2, 0.25) is 0 Å². The zero-order chi connectivity index (χ0) is 32.6. The maximum absolute atomic E-state index is 13.6. The molecule has 2 aliphatic heterocycles. The second-order valence-electron chi connectivity index (χ2n) is 11.2. The summed E-state index contributed by atoms with van der Waals surface area (Å²) >= 11 is 3.43. The summed E-state index contributed by atoms with van der Waals surface area (Å²) in [6.45, 7) is 1.83. The van der Waals surface area contributed by atoms with Crippen molar-refractivity contribution in [1.82, 2.24) is 4.57 Å². The van der Waals surface area contributed by atoms with Gasteiger partial charge >= 0.3 is 6.36 Å². The summed E-state index contributed by atoms with van der Waals surface area (Å²) in [5, 5.41) is 5.65. The molecule has 4 aromatic rings. The number of rotatable bonds is 7. The number of carbonyl (C=O) groups is 2. The monoisotopic (exact) mass is 696 g/mol. The zero-order valence-corrected chi connectivity index (χ0v) is 26.0. The van der Waals surface area contributed by atoms with E-state index in [9.17, 15) is 27.6 Å². The fourth-order valence-electron chi connectivity index (χ4n) is 6.08. The number of piperidine rings is 1. The van der Waals surface area contributed by atoms with E-state index in [2.05, 4.69) is 36.2 Å². The minimum Gasteiger partial charge on any atom is -0.497 e. The van der Waals surface area contributed by atoms with Gasteiger partial charge in [-0.05, 0) is 95.0 Å². The van der Waals surface area contributed by atoms with Crippen LogP contribution >= 0.6 is 15.9 Å². The molecular formula is C33H28BrF3N4O5. The molecule has 2 atom stereocenters. The van der Waals surface area contributed by atoms with E-state index in [1.165, 1.54) is 19.2 Å².